The van der Waals surface area contributed by atoms with Crippen molar-refractivity contribution in [3.05, 3.63) is 35.9 Å². The van der Waals surface area contributed by atoms with Gasteiger partial charge in [-0.25, -0.2) is 0 Å². The zero-order valence-corrected chi connectivity index (χ0v) is 18.9. The molecular formula is C20H34IN5O. The van der Waals surface area contributed by atoms with Gasteiger partial charge in [0.25, 0.3) is 0 Å². The van der Waals surface area contributed by atoms with Crippen LogP contribution in [-0.2, 0) is 11.3 Å². The first kappa shape index (κ1) is 23.7. The Kier molecular flexibility index (Phi) is 12.1. The number of piperidine rings is 1. The summed E-state index contributed by atoms with van der Waals surface area (Å²) in [5.41, 5.74) is 1.11. The number of likely N-dealkylation sites (tertiary alicyclic amines) is 1. The summed E-state index contributed by atoms with van der Waals surface area (Å²) in [7, 11) is 1.77. The number of benzene rings is 1. The van der Waals surface area contributed by atoms with Gasteiger partial charge in [0, 0.05) is 45.7 Å². The fraction of sp³-hybridized carbons (Fsp3) is 0.600. The molecular weight excluding hydrogens is 453 g/mol. The van der Waals surface area contributed by atoms with Crippen molar-refractivity contribution in [2.75, 3.05) is 33.2 Å². The van der Waals surface area contributed by atoms with Gasteiger partial charge < -0.3 is 20.9 Å². The van der Waals surface area contributed by atoms with E-state index in [2.05, 4.69) is 32.8 Å². The van der Waals surface area contributed by atoms with Crippen LogP contribution in [0.1, 0.15) is 38.2 Å². The molecule has 1 aliphatic rings. The highest BCUT2D eigenvalue weighted by Crippen LogP contribution is 2.10. The van der Waals surface area contributed by atoms with Crippen molar-refractivity contribution in [3.8, 4) is 0 Å². The van der Waals surface area contributed by atoms with Crippen LogP contribution in [0.5, 0.6) is 0 Å². The van der Waals surface area contributed by atoms with E-state index in [1.165, 1.54) is 13.0 Å². The standard InChI is InChI=1S/C20H33N5O.HI/c1-3-13-25-14-10-18(11-15-25)24-20(21-2)22-12-9-19(26)23-16-17-7-5-4-6-8-17;/h4-8,18H,3,9-16H2,1-2H3,(H,23,26)(H2,21,22,24);1H. The molecule has 1 heterocycles. The lowest BCUT2D eigenvalue weighted by molar-refractivity contribution is -0.121. The summed E-state index contributed by atoms with van der Waals surface area (Å²) in [6.07, 6.45) is 3.92. The van der Waals surface area contributed by atoms with Gasteiger partial charge in [-0.05, 0) is 31.4 Å². The number of halogens is 1. The molecule has 0 atom stereocenters. The molecule has 1 fully saturated rings. The van der Waals surface area contributed by atoms with Crippen LogP contribution in [0.15, 0.2) is 35.3 Å². The smallest absolute Gasteiger partial charge is 0.222 e. The molecule has 3 N–H and O–H groups in total. The van der Waals surface area contributed by atoms with Crippen molar-refractivity contribution in [2.45, 2.75) is 45.2 Å². The number of nitrogens with one attached hydrogen (secondary N) is 3. The zero-order chi connectivity index (χ0) is 18.6. The lowest BCUT2D eigenvalue weighted by Crippen LogP contribution is -2.49. The lowest BCUT2D eigenvalue weighted by atomic mass is 10.1. The summed E-state index contributed by atoms with van der Waals surface area (Å²) in [4.78, 5) is 18.8. The molecule has 0 saturated carbocycles. The average Bonchev–Trinajstić information content (AvgIpc) is 2.68. The number of rotatable bonds is 8. The average molecular weight is 487 g/mol. The third kappa shape index (κ3) is 9.41. The van der Waals surface area contributed by atoms with Gasteiger partial charge >= 0.3 is 0 Å². The molecule has 6 nitrogen and oxygen atoms in total. The van der Waals surface area contributed by atoms with Gasteiger partial charge in [-0.15, -0.1) is 24.0 Å². The Labute approximate surface area is 180 Å². The Bertz CT molecular complexity index is 559. The van der Waals surface area contributed by atoms with E-state index in [1.54, 1.807) is 7.05 Å². The van der Waals surface area contributed by atoms with E-state index in [-0.39, 0.29) is 29.9 Å². The van der Waals surface area contributed by atoms with Gasteiger partial charge in [0.1, 0.15) is 0 Å². The van der Waals surface area contributed by atoms with Crippen molar-refractivity contribution in [2.24, 2.45) is 4.99 Å². The second kappa shape index (κ2) is 13.8. The fourth-order valence-electron chi connectivity index (χ4n) is 3.18. The first-order valence-corrected chi connectivity index (χ1v) is 9.71. The van der Waals surface area contributed by atoms with E-state index in [0.717, 1.165) is 37.5 Å². The van der Waals surface area contributed by atoms with Crippen LogP contribution in [0.2, 0.25) is 0 Å². The van der Waals surface area contributed by atoms with E-state index < -0.39 is 0 Å². The van der Waals surface area contributed by atoms with E-state index in [4.69, 9.17) is 0 Å². The van der Waals surface area contributed by atoms with Crippen LogP contribution in [0.4, 0.5) is 0 Å². The van der Waals surface area contributed by atoms with Crippen LogP contribution < -0.4 is 16.0 Å². The number of carbonyl (C=O) groups excluding carboxylic acids is 1. The fourth-order valence-corrected chi connectivity index (χ4v) is 3.18. The summed E-state index contributed by atoms with van der Waals surface area (Å²) in [5, 5.41) is 9.67. The number of hydrogen-bond donors (Lipinski definition) is 3. The molecule has 1 amide bonds. The Morgan fingerprint density at radius 1 is 1.19 bits per heavy atom. The number of nitrogens with zero attached hydrogens (tertiary/aromatic N) is 2. The summed E-state index contributed by atoms with van der Waals surface area (Å²) in [5.74, 6) is 0.833. The van der Waals surface area contributed by atoms with E-state index in [0.29, 0.717) is 25.6 Å². The molecule has 0 radical (unpaired) electrons. The molecule has 152 valence electrons. The van der Waals surface area contributed by atoms with Crippen LogP contribution in [-0.4, -0.2) is 56.0 Å². The second-order valence-electron chi connectivity index (χ2n) is 6.77. The van der Waals surface area contributed by atoms with Gasteiger partial charge in [0.15, 0.2) is 5.96 Å². The van der Waals surface area contributed by atoms with Crippen LogP contribution >= 0.6 is 24.0 Å². The highest BCUT2D eigenvalue weighted by atomic mass is 127. The van der Waals surface area contributed by atoms with Gasteiger partial charge in [-0.2, -0.15) is 0 Å². The minimum absolute atomic E-state index is 0. The summed E-state index contributed by atoms with van der Waals surface area (Å²) in [6, 6.07) is 10.4. The van der Waals surface area contributed by atoms with Gasteiger partial charge in [-0.1, -0.05) is 37.3 Å². The maximum absolute atomic E-state index is 12.0. The van der Waals surface area contributed by atoms with Crippen LogP contribution in [0.3, 0.4) is 0 Å². The molecule has 1 aliphatic heterocycles. The summed E-state index contributed by atoms with van der Waals surface area (Å²) in [6.45, 7) is 6.86. The number of amides is 1. The maximum Gasteiger partial charge on any atom is 0.222 e. The van der Waals surface area contributed by atoms with Gasteiger partial charge in [0.05, 0.1) is 0 Å². The largest absolute Gasteiger partial charge is 0.356 e. The highest BCUT2D eigenvalue weighted by Gasteiger charge is 2.19. The molecule has 0 bridgehead atoms. The summed E-state index contributed by atoms with van der Waals surface area (Å²) >= 11 is 0. The van der Waals surface area contributed by atoms with E-state index in [1.807, 2.05) is 30.3 Å². The van der Waals surface area contributed by atoms with E-state index >= 15 is 0 Å². The molecule has 0 aliphatic carbocycles. The highest BCUT2D eigenvalue weighted by molar-refractivity contribution is 14.0. The number of aliphatic imine (C=N–C) groups is 1. The van der Waals surface area contributed by atoms with Crippen molar-refractivity contribution >= 4 is 35.8 Å². The molecule has 1 saturated heterocycles. The van der Waals surface area contributed by atoms with Gasteiger partial charge in [0.2, 0.25) is 5.91 Å². The first-order chi connectivity index (χ1) is 12.7. The molecule has 27 heavy (non-hydrogen) atoms. The van der Waals surface area contributed by atoms with Crippen molar-refractivity contribution in [3.63, 3.8) is 0 Å². The maximum atomic E-state index is 12.0. The monoisotopic (exact) mass is 487 g/mol. The molecule has 0 aromatic heterocycles. The number of guanidine groups is 1. The van der Waals surface area contributed by atoms with E-state index in [9.17, 15) is 4.79 Å². The Morgan fingerprint density at radius 2 is 1.89 bits per heavy atom. The summed E-state index contributed by atoms with van der Waals surface area (Å²) < 4.78 is 0. The SMILES string of the molecule is CCCN1CCC(NC(=NC)NCCC(=O)NCc2ccccc2)CC1.I. The molecule has 0 spiro atoms. The van der Waals surface area contributed by atoms with Crippen molar-refractivity contribution in [1.82, 2.24) is 20.9 Å². The third-order valence-electron chi connectivity index (χ3n) is 4.67. The minimum atomic E-state index is 0. The molecule has 1 aromatic rings. The Morgan fingerprint density at radius 3 is 2.52 bits per heavy atom. The van der Waals surface area contributed by atoms with Crippen LogP contribution in [0.25, 0.3) is 0 Å². The first-order valence-electron chi connectivity index (χ1n) is 9.71. The molecule has 2 rings (SSSR count). The quantitative estimate of drug-likeness (QED) is 0.299. The lowest BCUT2D eigenvalue weighted by Gasteiger charge is -2.32. The minimum Gasteiger partial charge on any atom is -0.356 e. The normalized spacial score (nSPS) is 15.7. The van der Waals surface area contributed by atoms with Crippen molar-refractivity contribution < 1.29 is 4.79 Å². The third-order valence-corrected chi connectivity index (χ3v) is 4.67. The topological polar surface area (TPSA) is 68.8 Å². The zero-order valence-electron chi connectivity index (χ0n) is 16.5. The number of carbonyl (C=O) groups is 1. The second-order valence-corrected chi connectivity index (χ2v) is 6.77. The Balaban J connectivity index is 0.00000364. The Hall–Kier alpha value is -1.35. The molecule has 1 aromatic carbocycles. The van der Waals surface area contributed by atoms with Gasteiger partial charge in [-0.3, -0.25) is 9.79 Å². The predicted octanol–water partition coefficient (Wildman–Crippen LogP) is 2.35. The van der Waals surface area contributed by atoms with Crippen LogP contribution in [0, 0.1) is 0 Å². The van der Waals surface area contributed by atoms with Crippen molar-refractivity contribution in [1.29, 1.82) is 0 Å². The predicted molar refractivity (Wildman–Crippen MR) is 123 cm³/mol. The molecule has 7 heteroatoms. The number of hydrogen-bond acceptors (Lipinski definition) is 3. The molecule has 0 unspecified atom stereocenters.